The minimum absolute atomic E-state index is 0.201. The van der Waals surface area contributed by atoms with Crippen molar-refractivity contribution in [2.75, 3.05) is 43.9 Å². The number of fused-ring (bicyclic) bond motifs is 1. The van der Waals surface area contributed by atoms with E-state index < -0.39 is 26.8 Å². The van der Waals surface area contributed by atoms with E-state index in [4.69, 9.17) is 0 Å². The lowest BCUT2D eigenvalue weighted by Crippen LogP contribution is -2.61. The lowest BCUT2D eigenvalue weighted by atomic mass is 9.81. The second-order valence-electron chi connectivity index (χ2n) is 10.2. The van der Waals surface area contributed by atoms with Crippen molar-refractivity contribution in [3.63, 3.8) is 0 Å². The van der Waals surface area contributed by atoms with Gasteiger partial charge in [-0.25, -0.2) is 12.8 Å². The number of pyridine rings is 1. The number of carbonyl (C=O) groups excluding carboxylic acids is 1. The third kappa shape index (κ3) is 4.46. The van der Waals surface area contributed by atoms with Gasteiger partial charge in [-0.3, -0.25) is 9.78 Å². The summed E-state index contributed by atoms with van der Waals surface area (Å²) in [5.74, 6) is -0.676. The van der Waals surface area contributed by atoms with E-state index in [1.165, 1.54) is 28.9 Å². The quantitative estimate of drug-likeness (QED) is 0.660. The number of hydrogen-bond acceptors (Lipinski definition) is 6. The summed E-state index contributed by atoms with van der Waals surface area (Å²) < 4.78 is 40.1. The van der Waals surface area contributed by atoms with Crippen LogP contribution in [-0.2, 0) is 10.0 Å². The van der Waals surface area contributed by atoms with E-state index in [9.17, 15) is 22.9 Å². The van der Waals surface area contributed by atoms with Crippen LogP contribution in [0.15, 0.2) is 24.4 Å². The highest BCUT2D eigenvalue weighted by atomic mass is 32.2. The highest BCUT2D eigenvalue weighted by molar-refractivity contribution is 7.88. The van der Waals surface area contributed by atoms with Crippen molar-refractivity contribution in [1.29, 1.82) is 5.26 Å². The fourth-order valence-corrected chi connectivity index (χ4v) is 6.45. The van der Waals surface area contributed by atoms with E-state index in [2.05, 4.69) is 11.1 Å². The summed E-state index contributed by atoms with van der Waals surface area (Å²) in [5.41, 5.74) is 0.377. The fraction of sp³-hybridized carbons (Fsp3) is 0.542. The number of benzene rings is 1. The molecule has 2 aliphatic heterocycles. The Bertz CT molecular complexity index is 1280. The van der Waals surface area contributed by atoms with Crippen molar-refractivity contribution < 1.29 is 17.6 Å². The first-order chi connectivity index (χ1) is 15.8. The van der Waals surface area contributed by atoms with Gasteiger partial charge in [0.25, 0.3) is 5.91 Å². The van der Waals surface area contributed by atoms with Crippen LogP contribution in [0.5, 0.6) is 0 Å². The number of hydrogen-bond donors (Lipinski definition) is 0. The van der Waals surface area contributed by atoms with E-state index in [0.29, 0.717) is 48.1 Å². The molecular weight excluding hydrogens is 457 g/mol. The summed E-state index contributed by atoms with van der Waals surface area (Å²) in [4.78, 5) is 21.9. The van der Waals surface area contributed by atoms with Crippen LogP contribution in [0.4, 0.5) is 10.1 Å². The molecule has 0 spiro atoms. The fourth-order valence-electron chi connectivity index (χ4n) is 5.08. The number of piperazine rings is 1. The number of anilines is 1. The number of nitriles is 1. The number of amides is 1. The Hall–Kier alpha value is -2.77. The van der Waals surface area contributed by atoms with Crippen molar-refractivity contribution in [2.45, 2.75) is 39.2 Å². The molecule has 2 saturated heterocycles. The van der Waals surface area contributed by atoms with Gasteiger partial charge in [-0.05, 0) is 51.8 Å². The summed E-state index contributed by atoms with van der Waals surface area (Å²) >= 11 is 0. The molecule has 34 heavy (non-hydrogen) atoms. The van der Waals surface area contributed by atoms with Crippen molar-refractivity contribution in [3.05, 3.63) is 35.8 Å². The third-order valence-corrected chi connectivity index (χ3v) is 8.48. The Morgan fingerprint density at radius 1 is 1.15 bits per heavy atom. The zero-order valence-corrected chi connectivity index (χ0v) is 20.8. The predicted molar refractivity (Wildman–Crippen MR) is 128 cm³/mol. The first kappa shape index (κ1) is 24.4. The highest BCUT2D eigenvalue weighted by Gasteiger charge is 2.41. The maximum absolute atomic E-state index is 14.3. The average molecular weight is 488 g/mol. The molecule has 2 aliphatic rings. The maximum Gasteiger partial charge on any atom is 0.257 e. The lowest BCUT2D eigenvalue weighted by molar-refractivity contribution is 0.0497. The molecule has 8 nitrogen and oxygen atoms in total. The van der Waals surface area contributed by atoms with Crippen LogP contribution in [0.3, 0.4) is 0 Å². The Kier molecular flexibility index (Phi) is 6.07. The molecule has 2 fully saturated rings. The van der Waals surface area contributed by atoms with Gasteiger partial charge in [-0.15, -0.1) is 0 Å². The number of piperidine rings is 1. The minimum Gasteiger partial charge on any atom is -0.370 e. The number of carbonyl (C=O) groups is 1. The molecule has 0 aliphatic carbocycles. The van der Waals surface area contributed by atoms with Crippen LogP contribution < -0.4 is 4.90 Å². The van der Waals surface area contributed by atoms with Crippen molar-refractivity contribution >= 4 is 32.5 Å². The molecule has 1 amide bonds. The van der Waals surface area contributed by atoms with Crippen LogP contribution in [-0.4, -0.2) is 73.0 Å². The molecule has 182 valence electrons. The zero-order chi connectivity index (χ0) is 24.9. The van der Waals surface area contributed by atoms with Crippen molar-refractivity contribution in [3.8, 4) is 6.07 Å². The lowest BCUT2D eigenvalue weighted by Gasteiger charge is -2.45. The van der Waals surface area contributed by atoms with Gasteiger partial charge in [-0.2, -0.15) is 9.57 Å². The van der Waals surface area contributed by atoms with Crippen LogP contribution in [0.25, 0.3) is 10.9 Å². The van der Waals surface area contributed by atoms with Gasteiger partial charge in [-0.1, -0.05) is 0 Å². The average Bonchev–Trinajstić information content (AvgIpc) is 2.77. The summed E-state index contributed by atoms with van der Waals surface area (Å²) in [6.45, 7) is 7.34. The van der Waals surface area contributed by atoms with Gasteiger partial charge in [0.1, 0.15) is 5.82 Å². The normalized spacial score (nSPS) is 20.8. The Morgan fingerprint density at radius 3 is 2.41 bits per heavy atom. The molecule has 4 rings (SSSR count). The summed E-state index contributed by atoms with van der Waals surface area (Å²) in [6, 6.07) is 6.73. The molecule has 0 bridgehead atoms. The SMILES string of the molecule is CC1(C#N)CCN(c2c(C(=O)N3CCN(S(C)(=O)=O)C(C)(C)C3)cnc3ccc(F)cc23)CC1. The molecule has 0 radical (unpaired) electrons. The maximum atomic E-state index is 14.3. The second-order valence-corrected chi connectivity index (χ2v) is 12.1. The molecule has 0 N–H and O–H groups in total. The Morgan fingerprint density at radius 2 is 1.82 bits per heavy atom. The van der Waals surface area contributed by atoms with E-state index in [1.54, 1.807) is 24.8 Å². The predicted octanol–water partition coefficient (Wildman–Crippen LogP) is 3.00. The largest absolute Gasteiger partial charge is 0.370 e. The van der Waals surface area contributed by atoms with Crippen LogP contribution in [0.1, 0.15) is 44.0 Å². The van der Waals surface area contributed by atoms with E-state index >= 15 is 0 Å². The smallest absolute Gasteiger partial charge is 0.257 e. The summed E-state index contributed by atoms with van der Waals surface area (Å²) in [6.07, 6.45) is 3.98. The molecule has 0 unspecified atom stereocenters. The number of sulfonamides is 1. The summed E-state index contributed by atoms with van der Waals surface area (Å²) in [7, 11) is -3.41. The summed E-state index contributed by atoms with van der Waals surface area (Å²) in [5, 5.41) is 10.1. The second kappa shape index (κ2) is 8.47. The molecule has 10 heteroatoms. The Balaban J connectivity index is 1.74. The van der Waals surface area contributed by atoms with E-state index in [1.807, 2.05) is 11.8 Å². The van der Waals surface area contributed by atoms with Gasteiger partial charge in [0.2, 0.25) is 10.0 Å². The van der Waals surface area contributed by atoms with Gasteiger partial charge >= 0.3 is 0 Å². The number of rotatable bonds is 3. The van der Waals surface area contributed by atoms with Gasteiger partial charge in [0, 0.05) is 49.8 Å². The van der Waals surface area contributed by atoms with Gasteiger partial charge in [0.05, 0.1) is 34.5 Å². The molecule has 2 aromatic rings. The van der Waals surface area contributed by atoms with Gasteiger partial charge < -0.3 is 9.80 Å². The van der Waals surface area contributed by atoms with E-state index in [0.717, 1.165) is 0 Å². The first-order valence-corrected chi connectivity index (χ1v) is 13.2. The van der Waals surface area contributed by atoms with Crippen LogP contribution >= 0.6 is 0 Å². The topological polar surface area (TPSA) is 97.6 Å². The molecular formula is C24H30FN5O3S. The van der Waals surface area contributed by atoms with Crippen molar-refractivity contribution in [2.24, 2.45) is 5.41 Å². The van der Waals surface area contributed by atoms with Crippen LogP contribution in [0.2, 0.25) is 0 Å². The number of halogens is 1. The monoisotopic (exact) mass is 487 g/mol. The Labute approximate surface area is 200 Å². The molecule has 1 aromatic heterocycles. The van der Waals surface area contributed by atoms with Crippen molar-refractivity contribution in [1.82, 2.24) is 14.2 Å². The highest BCUT2D eigenvalue weighted by Crippen LogP contribution is 2.38. The standard InChI is InChI=1S/C24H30FN5O3S/c1-23(2)16-29(11-12-30(23)34(4,32)33)22(31)19-14-27-20-6-5-17(25)13-18(20)21(19)28-9-7-24(3,15-26)8-10-28/h5-6,13-14H,7-12,16H2,1-4H3. The van der Waals surface area contributed by atoms with E-state index in [-0.39, 0.29) is 25.5 Å². The minimum atomic E-state index is -3.41. The van der Waals surface area contributed by atoms with Crippen LogP contribution in [0, 0.1) is 22.6 Å². The van der Waals surface area contributed by atoms with Gasteiger partial charge in [0.15, 0.2) is 0 Å². The molecule has 1 aromatic carbocycles. The number of aromatic nitrogens is 1. The zero-order valence-electron chi connectivity index (χ0n) is 20.0. The first-order valence-electron chi connectivity index (χ1n) is 11.4. The third-order valence-electron chi connectivity index (χ3n) is 7.00. The molecule has 0 saturated carbocycles. The number of nitrogens with zero attached hydrogens (tertiary/aromatic N) is 5. The molecule has 3 heterocycles. The molecule has 0 atom stereocenters.